The Balaban J connectivity index is 1.80. The van der Waals surface area contributed by atoms with Crippen molar-refractivity contribution in [2.75, 3.05) is 0 Å². The van der Waals surface area contributed by atoms with Crippen molar-refractivity contribution < 1.29 is 0 Å². The van der Waals surface area contributed by atoms with Gasteiger partial charge in [0.15, 0.2) is 0 Å². The zero-order valence-electron chi connectivity index (χ0n) is 9.26. The Morgan fingerprint density at radius 2 is 2.19 bits per heavy atom. The van der Waals surface area contributed by atoms with Crippen molar-refractivity contribution in [1.82, 2.24) is 0 Å². The SMILES string of the molecule is NC(CCCc1ccc(Br)cc1Cl)C1CC1. The first-order chi connectivity index (χ1) is 7.66. The van der Waals surface area contributed by atoms with E-state index in [0.717, 1.165) is 34.7 Å². The third-order valence-electron chi connectivity index (χ3n) is 3.23. The fourth-order valence-electron chi connectivity index (χ4n) is 2.01. The highest BCUT2D eigenvalue weighted by molar-refractivity contribution is 9.10. The van der Waals surface area contributed by atoms with E-state index in [1.807, 2.05) is 12.1 Å². The molecule has 1 saturated carbocycles. The van der Waals surface area contributed by atoms with Crippen LogP contribution >= 0.6 is 27.5 Å². The summed E-state index contributed by atoms with van der Waals surface area (Å²) in [4.78, 5) is 0. The Labute approximate surface area is 110 Å². The second-order valence-corrected chi connectivity index (χ2v) is 5.95. The van der Waals surface area contributed by atoms with E-state index in [0.29, 0.717) is 6.04 Å². The Morgan fingerprint density at radius 3 is 2.81 bits per heavy atom. The molecule has 1 nitrogen and oxygen atoms in total. The quantitative estimate of drug-likeness (QED) is 0.868. The molecule has 0 heterocycles. The highest BCUT2D eigenvalue weighted by Gasteiger charge is 2.27. The van der Waals surface area contributed by atoms with Gasteiger partial charge in [-0.1, -0.05) is 33.6 Å². The van der Waals surface area contributed by atoms with Gasteiger partial charge in [0.1, 0.15) is 0 Å². The molecule has 0 aliphatic heterocycles. The molecule has 1 aliphatic carbocycles. The van der Waals surface area contributed by atoms with E-state index in [-0.39, 0.29) is 0 Å². The van der Waals surface area contributed by atoms with Crippen molar-refractivity contribution in [3.05, 3.63) is 33.3 Å². The minimum absolute atomic E-state index is 0.411. The van der Waals surface area contributed by atoms with Crippen molar-refractivity contribution >= 4 is 27.5 Å². The van der Waals surface area contributed by atoms with Crippen LogP contribution in [0.3, 0.4) is 0 Å². The summed E-state index contributed by atoms with van der Waals surface area (Å²) in [6.45, 7) is 0. The maximum Gasteiger partial charge on any atom is 0.0449 e. The molecule has 1 aromatic carbocycles. The van der Waals surface area contributed by atoms with Gasteiger partial charge in [-0.2, -0.15) is 0 Å². The number of hydrogen-bond donors (Lipinski definition) is 1. The second-order valence-electron chi connectivity index (χ2n) is 4.63. The lowest BCUT2D eigenvalue weighted by atomic mass is 10.0. The summed E-state index contributed by atoms with van der Waals surface area (Å²) < 4.78 is 1.04. The molecule has 88 valence electrons. The standard InChI is InChI=1S/C13H17BrClN/c14-11-7-6-9(12(15)8-11)2-1-3-13(16)10-4-5-10/h6-8,10,13H,1-5,16H2. The van der Waals surface area contributed by atoms with Gasteiger partial charge in [0, 0.05) is 15.5 Å². The lowest BCUT2D eigenvalue weighted by Gasteiger charge is -2.10. The van der Waals surface area contributed by atoms with E-state index in [4.69, 9.17) is 17.3 Å². The largest absolute Gasteiger partial charge is 0.327 e. The van der Waals surface area contributed by atoms with Crippen molar-refractivity contribution in [2.45, 2.75) is 38.1 Å². The van der Waals surface area contributed by atoms with Crippen LogP contribution in [0.25, 0.3) is 0 Å². The van der Waals surface area contributed by atoms with Crippen LogP contribution in [0.15, 0.2) is 22.7 Å². The van der Waals surface area contributed by atoms with Gasteiger partial charge >= 0.3 is 0 Å². The maximum absolute atomic E-state index is 6.16. The van der Waals surface area contributed by atoms with Gasteiger partial charge in [-0.25, -0.2) is 0 Å². The number of benzene rings is 1. The zero-order valence-corrected chi connectivity index (χ0v) is 11.6. The molecule has 3 heteroatoms. The fourth-order valence-corrected chi connectivity index (χ4v) is 2.78. The summed E-state index contributed by atoms with van der Waals surface area (Å²) in [6.07, 6.45) is 5.96. The summed E-state index contributed by atoms with van der Waals surface area (Å²) in [7, 11) is 0. The molecule has 0 radical (unpaired) electrons. The van der Waals surface area contributed by atoms with E-state index >= 15 is 0 Å². The minimum Gasteiger partial charge on any atom is -0.327 e. The number of halogens is 2. The molecule has 0 aromatic heterocycles. The van der Waals surface area contributed by atoms with Gasteiger partial charge in [-0.05, 0) is 55.7 Å². The van der Waals surface area contributed by atoms with E-state index in [1.54, 1.807) is 0 Å². The van der Waals surface area contributed by atoms with Crippen LogP contribution in [-0.2, 0) is 6.42 Å². The molecular formula is C13H17BrClN. The molecule has 1 aromatic rings. The van der Waals surface area contributed by atoms with Gasteiger partial charge in [0.2, 0.25) is 0 Å². The predicted octanol–water partition coefficient (Wildman–Crippen LogP) is 4.16. The first kappa shape index (κ1) is 12.4. The predicted molar refractivity (Wildman–Crippen MR) is 72.8 cm³/mol. The van der Waals surface area contributed by atoms with Crippen LogP contribution in [0.2, 0.25) is 5.02 Å². The third kappa shape index (κ3) is 3.47. The average Bonchev–Trinajstić information content (AvgIpc) is 3.04. The van der Waals surface area contributed by atoms with Crippen LogP contribution in [0.5, 0.6) is 0 Å². The van der Waals surface area contributed by atoms with Crippen molar-refractivity contribution in [1.29, 1.82) is 0 Å². The molecule has 1 atom stereocenters. The Bertz CT molecular complexity index is 363. The molecule has 1 unspecified atom stereocenters. The van der Waals surface area contributed by atoms with Crippen LogP contribution in [-0.4, -0.2) is 6.04 Å². The van der Waals surface area contributed by atoms with Gasteiger partial charge in [0.05, 0.1) is 0 Å². The van der Waals surface area contributed by atoms with Crippen molar-refractivity contribution in [3.8, 4) is 0 Å². The Kier molecular flexibility index (Phi) is 4.28. The summed E-state index contributed by atoms with van der Waals surface area (Å²) in [5.41, 5.74) is 7.29. The summed E-state index contributed by atoms with van der Waals surface area (Å²) in [5, 5.41) is 0.856. The second kappa shape index (κ2) is 5.52. The normalized spacial score (nSPS) is 17.4. The van der Waals surface area contributed by atoms with Crippen LogP contribution in [0.4, 0.5) is 0 Å². The van der Waals surface area contributed by atoms with Crippen LogP contribution < -0.4 is 5.73 Å². The van der Waals surface area contributed by atoms with Crippen LogP contribution in [0.1, 0.15) is 31.2 Å². The van der Waals surface area contributed by atoms with Gasteiger partial charge in [0.25, 0.3) is 0 Å². The molecular weight excluding hydrogens is 286 g/mol. The molecule has 0 spiro atoms. The van der Waals surface area contributed by atoms with E-state index in [1.165, 1.54) is 18.4 Å². The Hall–Kier alpha value is -0.0500. The maximum atomic E-state index is 6.16. The number of nitrogens with two attached hydrogens (primary N) is 1. The molecule has 0 amide bonds. The molecule has 2 N–H and O–H groups in total. The Morgan fingerprint density at radius 1 is 1.44 bits per heavy atom. The molecule has 1 aliphatic rings. The van der Waals surface area contributed by atoms with Gasteiger partial charge in [-0.3, -0.25) is 0 Å². The van der Waals surface area contributed by atoms with Gasteiger partial charge < -0.3 is 5.73 Å². The molecule has 1 fully saturated rings. The first-order valence-electron chi connectivity index (χ1n) is 5.86. The average molecular weight is 303 g/mol. The van der Waals surface area contributed by atoms with Gasteiger partial charge in [-0.15, -0.1) is 0 Å². The highest BCUT2D eigenvalue weighted by atomic mass is 79.9. The smallest absolute Gasteiger partial charge is 0.0449 e. The number of hydrogen-bond acceptors (Lipinski definition) is 1. The molecule has 0 saturated heterocycles. The summed E-state index contributed by atoms with van der Waals surface area (Å²) in [5.74, 6) is 0.806. The fraction of sp³-hybridized carbons (Fsp3) is 0.538. The topological polar surface area (TPSA) is 26.0 Å². The monoisotopic (exact) mass is 301 g/mol. The number of aryl methyl sites for hydroxylation is 1. The first-order valence-corrected chi connectivity index (χ1v) is 7.03. The molecule has 16 heavy (non-hydrogen) atoms. The zero-order chi connectivity index (χ0) is 11.5. The van der Waals surface area contributed by atoms with Crippen molar-refractivity contribution in [3.63, 3.8) is 0 Å². The van der Waals surface area contributed by atoms with Crippen LogP contribution in [0, 0.1) is 5.92 Å². The summed E-state index contributed by atoms with van der Waals surface area (Å²) in [6, 6.07) is 6.50. The summed E-state index contributed by atoms with van der Waals surface area (Å²) >= 11 is 9.57. The lowest BCUT2D eigenvalue weighted by Crippen LogP contribution is -2.22. The molecule has 0 bridgehead atoms. The van der Waals surface area contributed by atoms with E-state index < -0.39 is 0 Å². The lowest BCUT2D eigenvalue weighted by molar-refractivity contribution is 0.528. The third-order valence-corrected chi connectivity index (χ3v) is 4.07. The van der Waals surface area contributed by atoms with E-state index in [9.17, 15) is 0 Å². The van der Waals surface area contributed by atoms with E-state index in [2.05, 4.69) is 22.0 Å². The number of rotatable bonds is 5. The van der Waals surface area contributed by atoms with Crippen molar-refractivity contribution in [2.24, 2.45) is 11.7 Å². The highest BCUT2D eigenvalue weighted by Crippen LogP contribution is 2.33. The molecule has 2 rings (SSSR count). The minimum atomic E-state index is 0.411.